The van der Waals surface area contributed by atoms with E-state index in [2.05, 4.69) is 50.4 Å². The van der Waals surface area contributed by atoms with Crippen LogP contribution in [0.2, 0.25) is 0 Å². The van der Waals surface area contributed by atoms with E-state index in [1.165, 1.54) is 30.4 Å². The van der Waals surface area contributed by atoms with Gasteiger partial charge in [0.25, 0.3) is 0 Å². The van der Waals surface area contributed by atoms with Gasteiger partial charge in [0.1, 0.15) is 0 Å². The predicted molar refractivity (Wildman–Crippen MR) is 71.9 cm³/mol. The zero-order valence-corrected chi connectivity index (χ0v) is 10.9. The summed E-state index contributed by atoms with van der Waals surface area (Å²) in [6, 6.07) is 9.67. The molecular formula is C15H25N. The van der Waals surface area contributed by atoms with Crippen molar-refractivity contribution < 1.29 is 0 Å². The van der Waals surface area contributed by atoms with Crippen molar-refractivity contribution in [2.24, 2.45) is 0 Å². The molecule has 90 valence electrons. The number of benzene rings is 1. The average molecular weight is 219 g/mol. The second-order valence-corrected chi connectivity index (χ2v) is 4.56. The first-order chi connectivity index (χ1) is 7.76. The van der Waals surface area contributed by atoms with Crippen molar-refractivity contribution in [1.29, 1.82) is 0 Å². The third kappa shape index (κ3) is 4.80. The van der Waals surface area contributed by atoms with Gasteiger partial charge in [-0.2, -0.15) is 0 Å². The number of aryl methyl sites for hydroxylation is 2. The summed E-state index contributed by atoms with van der Waals surface area (Å²) < 4.78 is 0. The fourth-order valence-corrected chi connectivity index (χ4v) is 1.82. The van der Waals surface area contributed by atoms with E-state index >= 15 is 0 Å². The number of hydrogen-bond donors (Lipinski definition) is 1. The number of hydrogen-bond acceptors (Lipinski definition) is 1. The quantitative estimate of drug-likeness (QED) is 0.739. The Balaban J connectivity index is 2.30. The van der Waals surface area contributed by atoms with Crippen molar-refractivity contribution in [3.63, 3.8) is 0 Å². The molecule has 0 radical (unpaired) electrons. The van der Waals surface area contributed by atoms with Crippen molar-refractivity contribution in [2.45, 2.75) is 52.5 Å². The molecule has 1 aromatic rings. The van der Waals surface area contributed by atoms with Crippen LogP contribution in [0.5, 0.6) is 0 Å². The van der Waals surface area contributed by atoms with Crippen LogP contribution in [0.15, 0.2) is 24.3 Å². The zero-order chi connectivity index (χ0) is 11.8. The summed E-state index contributed by atoms with van der Waals surface area (Å²) in [5, 5.41) is 3.53. The highest BCUT2D eigenvalue weighted by Gasteiger charge is 2.01. The third-order valence-corrected chi connectivity index (χ3v) is 3.04. The van der Waals surface area contributed by atoms with Gasteiger partial charge in [-0.05, 0) is 50.3 Å². The summed E-state index contributed by atoms with van der Waals surface area (Å²) in [4.78, 5) is 0. The second kappa shape index (κ2) is 7.45. The zero-order valence-electron chi connectivity index (χ0n) is 10.9. The van der Waals surface area contributed by atoms with Crippen molar-refractivity contribution in [1.82, 2.24) is 5.32 Å². The Morgan fingerprint density at radius 1 is 1.06 bits per heavy atom. The van der Waals surface area contributed by atoms with E-state index in [4.69, 9.17) is 0 Å². The van der Waals surface area contributed by atoms with Gasteiger partial charge in [-0.1, -0.05) is 38.1 Å². The molecule has 1 unspecified atom stereocenters. The maximum Gasteiger partial charge on any atom is 0.00418 e. The SMILES string of the molecule is CCCNC(C)CCc1ccc(CC)cc1. The van der Waals surface area contributed by atoms with Crippen LogP contribution in [0.3, 0.4) is 0 Å². The van der Waals surface area contributed by atoms with Crippen LogP contribution in [-0.4, -0.2) is 12.6 Å². The fraction of sp³-hybridized carbons (Fsp3) is 0.600. The molecule has 0 saturated heterocycles. The molecule has 0 saturated carbocycles. The van der Waals surface area contributed by atoms with Gasteiger partial charge in [-0.3, -0.25) is 0 Å². The third-order valence-electron chi connectivity index (χ3n) is 3.04. The van der Waals surface area contributed by atoms with Gasteiger partial charge in [-0.15, -0.1) is 0 Å². The van der Waals surface area contributed by atoms with E-state index in [0.29, 0.717) is 6.04 Å². The molecule has 1 aromatic carbocycles. The summed E-state index contributed by atoms with van der Waals surface area (Å²) >= 11 is 0. The molecule has 0 aliphatic carbocycles. The van der Waals surface area contributed by atoms with Crippen LogP contribution < -0.4 is 5.32 Å². The Morgan fingerprint density at radius 2 is 1.69 bits per heavy atom. The monoisotopic (exact) mass is 219 g/mol. The lowest BCUT2D eigenvalue weighted by Gasteiger charge is -2.12. The maximum atomic E-state index is 3.53. The summed E-state index contributed by atoms with van der Waals surface area (Å²) in [7, 11) is 0. The highest BCUT2D eigenvalue weighted by Crippen LogP contribution is 2.08. The Kier molecular flexibility index (Phi) is 6.17. The average Bonchev–Trinajstić information content (AvgIpc) is 2.34. The Bertz CT molecular complexity index is 276. The Morgan fingerprint density at radius 3 is 2.25 bits per heavy atom. The van der Waals surface area contributed by atoms with Crippen molar-refractivity contribution in [3.05, 3.63) is 35.4 Å². The van der Waals surface area contributed by atoms with Crippen LogP contribution in [-0.2, 0) is 12.8 Å². The van der Waals surface area contributed by atoms with Gasteiger partial charge < -0.3 is 5.32 Å². The van der Waals surface area contributed by atoms with Crippen LogP contribution in [0.25, 0.3) is 0 Å². The first kappa shape index (κ1) is 13.2. The molecule has 1 nitrogen and oxygen atoms in total. The van der Waals surface area contributed by atoms with Gasteiger partial charge in [0, 0.05) is 6.04 Å². The summed E-state index contributed by atoms with van der Waals surface area (Å²) in [6.45, 7) is 7.82. The maximum absolute atomic E-state index is 3.53. The summed E-state index contributed by atoms with van der Waals surface area (Å²) in [6.07, 6.45) is 4.76. The van der Waals surface area contributed by atoms with Crippen molar-refractivity contribution in [2.75, 3.05) is 6.54 Å². The molecule has 1 N–H and O–H groups in total. The molecule has 0 aliphatic rings. The number of rotatable bonds is 7. The number of nitrogens with one attached hydrogen (secondary N) is 1. The molecule has 1 atom stereocenters. The van der Waals surface area contributed by atoms with E-state index in [-0.39, 0.29) is 0 Å². The minimum absolute atomic E-state index is 0.630. The minimum atomic E-state index is 0.630. The molecule has 0 spiro atoms. The lowest BCUT2D eigenvalue weighted by Crippen LogP contribution is -2.27. The van der Waals surface area contributed by atoms with Gasteiger partial charge in [0.15, 0.2) is 0 Å². The standard InChI is InChI=1S/C15H25N/c1-4-12-16-13(3)6-7-15-10-8-14(5-2)9-11-15/h8-11,13,16H,4-7,12H2,1-3H3. The van der Waals surface area contributed by atoms with Crippen molar-refractivity contribution >= 4 is 0 Å². The second-order valence-electron chi connectivity index (χ2n) is 4.56. The smallest absolute Gasteiger partial charge is 0.00418 e. The fourth-order valence-electron chi connectivity index (χ4n) is 1.82. The molecule has 0 fully saturated rings. The molecule has 16 heavy (non-hydrogen) atoms. The van der Waals surface area contributed by atoms with Crippen LogP contribution >= 0.6 is 0 Å². The normalized spacial score (nSPS) is 12.7. The highest BCUT2D eigenvalue weighted by atomic mass is 14.9. The van der Waals surface area contributed by atoms with E-state index in [1.54, 1.807) is 0 Å². The molecular weight excluding hydrogens is 194 g/mol. The summed E-state index contributed by atoms with van der Waals surface area (Å²) in [5.74, 6) is 0. The largest absolute Gasteiger partial charge is 0.314 e. The van der Waals surface area contributed by atoms with Gasteiger partial charge in [0.05, 0.1) is 0 Å². The van der Waals surface area contributed by atoms with Gasteiger partial charge in [0.2, 0.25) is 0 Å². The molecule has 0 bridgehead atoms. The summed E-state index contributed by atoms with van der Waals surface area (Å²) in [5.41, 5.74) is 2.89. The molecule has 0 amide bonds. The molecule has 0 aliphatic heterocycles. The molecule has 1 heteroatoms. The van der Waals surface area contributed by atoms with E-state index in [1.807, 2.05) is 0 Å². The van der Waals surface area contributed by atoms with Crippen LogP contribution in [0, 0.1) is 0 Å². The van der Waals surface area contributed by atoms with Crippen LogP contribution in [0.1, 0.15) is 44.7 Å². The molecule has 0 aromatic heterocycles. The topological polar surface area (TPSA) is 12.0 Å². The van der Waals surface area contributed by atoms with Gasteiger partial charge in [-0.25, -0.2) is 0 Å². The Hall–Kier alpha value is -0.820. The molecule has 1 rings (SSSR count). The first-order valence-corrected chi connectivity index (χ1v) is 6.57. The van der Waals surface area contributed by atoms with Crippen LogP contribution in [0.4, 0.5) is 0 Å². The van der Waals surface area contributed by atoms with Crippen molar-refractivity contribution in [3.8, 4) is 0 Å². The highest BCUT2D eigenvalue weighted by molar-refractivity contribution is 5.22. The van der Waals surface area contributed by atoms with E-state index in [0.717, 1.165) is 13.0 Å². The first-order valence-electron chi connectivity index (χ1n) is 6.57. The van der Waals surface area contributed by atoms with E-state index in [9.17, 15) is 0 Å². The predicted octanol–water partition coefficient (Wildman–Crippen LogP) is 3.57. The minimum Gasteiger partial charge on any atom is -0.314 e. The van der Waals surface area contributed by atoms with E-state index < -0.39 is 0 Å². The molecule has 0 heterocycles. The Labute approximate surface area is 100 Å². The van der Waals surface area contributed by atoms with Gasteiger partial charge >= 0.3 is 0 Å². The lowest BCUT2D eigenvalue weighted by atomic mass is 10.0. The lowest BCUT2D eigenvalue weighted by molar-refractivity contribution is 0.514.